The van der Waals surface area contributed by atoms with Crippen molar-refractivity contribution in [1.29, 1.82) is 0 Å². The van der Waals surface area contributed by atoms with Crippen LogP contribution in [0.3, 0.4) is 0 Å². The number of ether oxygens (including phenoxy) is 1. The second-order valence-electron chi connectivity index (χ2n) is 4.75. The van der Waals surface area contributed by atoms with Gasteiger partial charge in [0.2, 0.25) is 0 Å². The van der Waals surface area contributed by atoms with Crippen molar-refractivity contribution >= 4 is 0 Å². The van der Waals surface area contributed by atoms with Gasteiger partial charge in [-0.25, -0.2) is 5.43 Å². The van der Waals surface area contributed by atoms with Gasteiger partial charge in [-0.3, -0.25) is 5.43 Å². The third-order valence-electron chi connectivity index (χ3n) is 3.19. The molecule has 0 aromatic heterocycles. The number of benzene rings is 1. The molecular weight excluding hydrogens is 226 g/mol. The smallest absolute Gasteiger partial charge is 0.119 e. The third-order valence-corrected chi connectivity index (χ3v) is 3.19. The van der Waals surface area contributed by atoms with E-state index in [4.69, 9.17) is 4.74 Å². The minimum absolute atomic E-state index is 0.392. The molecule has 100 valence electrons. The number of nitrogens with one attached hydrogen (secondary N) is 3. The Labute approximate surface area is 109 Å². The van der Waals surface area contributed by atoms with Crippen LogP contribution in [0.5, 0.6) is 5.75 Å². The first kappa shape index (κ1) is 13.3. The van der Waals surface area contributed by atoms with Crippen LogP contribution in [0.25, 0.3) is 0 Å². The molecular formula is C14H23N3O. The van der Waals surface area contributed by atoms with Crippen molar-refractivity contribution in [3.05, 3.63) is 29.8 Å². The van der Waals surface area contributed by atoms with E-state index in [9.17, 15) is 0 Å². The third kappa shape index (κ3) is 3.45. The Morgan fingerprint density at radius 2 is 2.06 bits per heavy atom. The number of hydrazine groups is 1. The second kappa shape index (κ2) is 6.73. The fourth-order valence-corrected chi connectivity index (χ4v) is 2.24. The molecule has 0 radical (unpaired) electrons. The highest BCUT2D eigenvalue weighted by atomic mass is 16.5. The fraction of sp³-hybridized carbons (Fsp3) is 0.571. The van der Waals surface area contributed by atoms with Crippen molar-refractivity contribution in [3.8, 4) is 5.75 Å². The van der Waals surface area contributed by atoms with E-state index in [0.29, 0.717) is 12.1 Å². The molecule has 2 unspecified atom stereocenters. The van der Waals surface area contributed by atoms with Crippen molar-refractivity contribution in [1.82, 2.24) is 16.2 Å². The Hall–Kier alpha value is -1.10. The maximum Gasteiger partial charge on any atom is 0.119 e. The standard InChI is InChI=1S/C14H23N3O/c1-3-8-18-13-6-4-11(5-7-13)14-9-12(10-15-2)16-17-14/h4-7,12,14-17H,3,8-10H2,1-2H3. The number of hydrogen-bond acceptors (Lipinski definition) is 4. The van der Waals surface area contributed by atoms with E-state index in [0.717, 1.165) is 31.7 Å². The summed E-state index contributed by atoms with van der Waals surface area (Å²) in [5.74, 6) is 0.957. The quantitative estimate of drug-likeness (QED) is 0.716. The molecule has 0 saturated carbocycles. The molecule has 1 fully saturated rings. The van der Waals surface area contributed by atoms with Gasteiger partial charge in [-0.2, -0.15) is 0 Å². The first-order chi connectivity index (χ1) is 8.83. The summed E-state index contributed by atoms with van der Waals surface area (Å²) >= 11 is 0. The molecule has 0 bridgehead atoms. The summed E-state index contributed by atoms with van der Waals surface area (Å²) in [5.41, 5.74) is 7.96. The largest absolute Gasteiger partial charge is 0.494 e. The molecule has 3 N–H and O–H groups in total. The van der Waals surface area contributed by atoms with E-state index in [1.165, 1.54) is 5.56 Å². The number of rotatable bonds is 6. The van der Waals surface area contributed by atoms with Gasteiger partial charge in [-0.1, -0.05) is 19.1 Å². The highest BCUT2D eigenvalue weighted by Gasteiger charge is 2.24. The van der Waals surface area contributed by atoms with Crippen molar-refractivity contribution in [2.45, 2.75) is 31.8 Å². The van der Waals surface area contributed by atoms with E-state index < -0.39 is 0 Å². The number of likely N-dealkylation sites (N-methyl/N-ethyl adjacent to an activating group) is 1. The Balaban J connectivity index is 1.90. The molecule has 1 heterocycles. The maximum absolute atomic E-state index is 5.59. The SMILES string of the molecule is CCCOc1ccc(C2CC(CNC)NN2)cc1. The van der Waals surface area contributed by atoms with Crippen LogP contribution in [0.15, 0.2) is 24.3 Å². The monoisotopic (exact) mass is 249 g/mol. The van der Waals surface area contributed by atoms with Gasteiger partial charge in [-0.15, -0.1) is 0 Å². The van der Waals surface area contributed by atoms with Gasteiger partial charge in [0.15, 0.2) is 0 Å². The lowest BCUT2D eigenvalue weighted by Gasteiger charge is -2.11. The summed E-state index contributed by atoms with van der Waals surface area (Å²) in [7, 11) is 1.98. The van der Waals surface area contributed by atoms with Crippen molar-refractivity contribution in [2.24, 2.45) is 0 Å². The van der Waals surface area contributed by atoms with Crippen LogP contribution in [0.2, 0.25) is 0 Å². The second-order valence-corrected chi connectivity index (χ2v) is 4.75. The topological polar surface area (TPSA) is 45.3 Å². The van der Waals surface area contributed by atoms with Gasteiger partial charge in [0.05, 0.1) is 6.61 Å². The van der Waals surface area contributed by atoms with Crippen molar-refractivity contribution in [3.63, 3.8) is 0 Å². The average Bonchev–Trinajstić information content (AvgIpc) is 2.86. The van der Waals surface area contributed by atoms with E-state index in [-0.39, 0.29) is 0 Å². The summed E-state index contributed by atoms with van der Waals surface area (Å²) in [6.45, 7) is 3.89. The minimum atomic E-state index is 0.392. The first-order valence-corrected chi connectivity index (χ1v) is 6.72. The van der Waals surface area contributed by atoms with E-state index >= 15 is 0 Å². The van der Waals surface area contributed by atoms with Crippen LogP contribution < -0.4 is 20.9 Å². The lowest BCUT2D eigenvalue weighted by Crippen LogP contribution is -2.36. The average molecular weight is 249 g/mol. The van der Waals surface area contributed by atoms with Crippen LogP contribution in [0.1, 0.15) is 31.4 Å². The van der Waals surface area contributed by atoms with Crippen LogP contribution in [0.4, 0.5) is 0 Å². The lowest BCUT2D eigenvalue weighted by molar-refractivity contribution is 0.317. The Bertz CT molecular complexity index is 353. The summed E-state index contributed by atoms with van der Waals surface area (Å²) < 4.78 is 5.59. The number of hydrogen-bond donors (Lipinski definition) is 3. The molecule has 1 aromatic rings. The zero-order valence-electron chi connectivity index (χ0n) is 11.2. The zero-order valence-corrected chi connectivity index (χ0v) is 11.2. The van der Waals surface area contributed by atoms with Gasteiger partial charge in [-0.05, 0) is 37.6 Å². The van der Waals surface area contributed by atoms with Crippen molar-refractivity contribution < 1.29 is 4.74 Å². The van der Waals surface area contributed by atoms with Gasteiger partial charge in [0.1, 0.15) is 5.75 Å². The predicted molar refractivity (Wildman–Crippen MR) is 73.6 cm³/mol. The molecule has 0 amide bonds. The molecule has 0 aliphatic carbocycles. The summed E-state index contributed by atoms with van der Waals surface area (Å²) in [6, 6.07) is 9.29. The Morgan fingerprint density at radius 1 is 1.28 bits per heavy atom. The predicted octanol–water partition coefficient (Wildman–Crippen LogP) is 1.60. The fourth-order valence-electron chi connectivity index (χ4n) is 2.24. The van der Waals surface area contributed by atoms with Crippen molar-refractivity contribution in [2.75, 3.05) is 20.2 Å². The van der Waals surface area contributed by atoms with E-state index in [1.807, 2.05) is 7.05 Å². The molecule has 2 atom stereocenters. The molecule has 0 spiro atoms. The van der Waals surface area contributed by atoms with Gasteiger partial charge in [0, 0.05) is 18.6 Å². The summed E-state index contributed by atoms with van der Waals surface area (Å²) in [5, 5.41) is 3.19. The summed E-state index contributed by atoms with van der Waals surface area (Å²) in [6.07, 6.45) is 2.15. The molecule has 1 aliphatic rings. The van der Waals surface area contributed by atoms with Gasteiger partial charge < -0.3 is 10.1 Å². The Kier molecular flexibility index (Phi) is 4.99. The Morgan fingerprint density at radius 3 is 2.72 bits per heavy atom. The van der Waals surface area contributed by atoms with Crippen LogP contribution >= 0.6 is 0 Å². The molecule has 4 nitrogen and oxygen atoms in total. The molecule has 1 aliphatic heterocycles. The maximum atomic E-state index is 5.59. The van der Waals surface area contributed by atoms with Crippen LogP contribution in [-0.4, -0.2) is 26.2 Å². The summed E-state index contributed by atoms with van der Waals surface area (Å²) in [4.78, 5) is 0. The lowest BCUT2D eigenvalue weighted by atomic mass is 10.0. The van der Waals surface area contributed by atoms with Gasteiger partial charge in [0.25, 0.3) is 0 Å². The molecule has 1 aromatic carbocycles. The van der Waals surface area contributed by atoms with Gasteiger partial charge >= 0.3 is 0 Å². The highest BCUT2D eigenvalue weighted by molar-refractivity contribution is 5.29. The van der Waals surface area contributed by atoms with Crippen LogP contribution in [0, 0.1) is 0 Å². The molecule has 4 heteroatoms. The molecule has 1 saturated heterocycles. The van der Waals surface area contributed by atoms with Crippen LogP contribution in [-0.2, 0) is 0 Å². The van der Waals surface area contributed by atoms with E-state index in [1.54, 1.807) is 0 Å². The molecule has 18 heavy (non-hydrogen) atoms. The minimum Gasteiger partial charge on any atom is -0.494 e. The highest BCUT2D eigenvalue weighted by Crippen LogP contribution is 2.24. The molecule has 2 rings (SSSR count). The normalized spacial score (nSPS) is 23.2. The zero-order chi connectivity index (χ0) is 12.8. The first-order valence-electron chi connectivity index (χ1n) is 6.72. The van der Waals surface area contributed by atoms with E-state index in [2.05, 4.69) is 47.4 Å².